The van der Waals surface area contributed by atoms with Gasteiger partial charge in [-0.3, -0.25) is 4.79 Å². The van der Waals surface area contributed by atoms with Gasteiger partial charge in [0.2, 0.25) is 0 Å². The van der Waals surface area contributed by atoms with E-state index in [1.54, 1.807) is 5.57 Å². The molecule has 0 saturated heterocycles. The summed E-state index contributed by atoms with van der Waals surface area (Å²) >= 11 is 0. The maximum Gasteiger partial charge on any atom is 0.192 e. The number of rotatable bonds is 3. The number of aldehydes is 1. The minimum atomic E-state index is -1.81. The molecule has 162 valence electrons. The quantitative estimate of drug-likeness (QED) is 0.318. The van der Waals surface area contributed by atoms with Gasteiger partial charge in [0.15, 0.2) is 8.32 Å². The number of carbonyl (C=O) groups excluding carboxylic acids is 2. The fourth-order valence-corrected chi connectivity index (χ4v) is 8.43. The molecule has 0 aliphatic heterocycles. The van der Waals surface area contributed by atoms with Gasteiger partial charge in [0.1, 0.15) is 12.1 Å². The van der Waals surface area contributed by atoms with Gasteiger partial charge in [-0.05, 0) is 79.8 Å². The van der Waals surface area contributed by atoms with Gasteiger partial charge < -0.3 is 9.22 Å². The molecule has 2 fully saturated rings. The second-order valence-electron chi connectivity index (χ2n) is 12.1. The molecule has 0 aromatic heterocycles. The minimum absolute atomic E-state index is 0.0981. The molecule has 4 aliphatic carbocycles. The number of ketones is 1. The zero-order chi connectivity index (χ0) is 21.2. The van der Waals surface area contributed by atoms with E-state index in [1.165, 1.54) is 31.1 Å². The highest BCUT2D eigenvalue weighted by atomic mass is 28.4. The molecule has 0 heterocycles. The van der Waals surface area contributed by atoms with Crippen LogP contribution in [-0.2, 0) is 14.0 Å². The average molecular weight is 417 g/mol. The number of fused-ring (bicyclic) bond motifs is 4. The SMILES string of the molecule is CC(C)(C)[Si](C)(C)O[C@H]1CC[C@H]2[C@@H]3[C@H](C=O)CC4=C(CCC(=O)C4)[C@H]3CC[C@]12C. The van der Waals surface area contributed by atoms with Crippen LogP contribution in [0.2, 0.25) is 18.1 Å². The number of hydrogen-bond acceptors (Lipinski definition) is 3. The minimum Gasteiger partial charge on any atom is -0.413 e. The van der Waals surface area contributed by atoms with Crippen LogP contribution >= 0.6 is 0 Å². The molecule has 4 heteroatoms. The summed E-state index contributed by atoms with van der Waals surface area (Å²) in [4.78, 5) is 24.2. The van der Waals surface area contributed by atoms with E-state index in [2.05, 4.69) is 40.8 Å². The van der Waals surface area contributed by atoms with Crippen LogP contribution in [0.15, 0.2) is 11.1 Å². The van der Waals surface area contributed by atoms with Gasteiger partial charge in [-0.2, -0.15) is 0 Å². The van der Waals surface area contributed by atoms with Crippen molar-refractivity contribution in [2.45, 2.75) is 103 Å². The van der Waals surface area contributed by atoms with E-state index < -0.39 is 8.32 Å². The summed E-state index contributed by atoms with van der Waals surface area (Å²) in [5.74, 6) is 2.05. The number of carbonyl (C=O) groups is 2. The molecule has 3 nitrogen and oxygen atoms in total. The van der Waals surface area contributed by atoms with Crippen LogP contribution in [0.1, 0.15) is 79.1 Å². The van der Waals surface area contributed by atoms with Crippen molar-refractivity contribution in [3.05, 3.63) is 11.1 Å². The van der Waals surface area contributed by atoms with Crippen molar-refractivity contribution in [2.24, 2.45) is 29.1 Å². The second-order valence-corrected chi connectivity index (χ2v) is 16.9. The van der Waals surface area contributed by atoms with Crippen molar-refractivity contribution < 1.29 is 14.0 Å². The Bertz CT molecular complexity index is 731. The van der Waals surface area contributed by atoms with E-state index in [-0.39, 0.29) is 16.4 Å². The molecule has 0 radical (unpaired) electrons. The lowest BCUT2D eigenvalue weighted by atomic mass is 9.51. The highest BCUT2D eigenvalue weighted by Crippen LogP contribution is 2.63. The summed E-state index contributed by atoms with van der Waals surface area (Å²) in [5, 5.41) is 0.225. The van der Waals surface area contributed by atoms with Gasteiger partial charge in [0.05, 0.1) is 6.10 Å². The summed E-state index contributed by atoms with van der Waals surface area (Å²) in [7, 11) is -1.81. The maximum atomic E-state index is 12.2. The van der Waals surface area contributed by atoms with E-state index in [1.807, 2.05) is 0 Å². The Balaban J connectivity index is 1.62. The molecule has 0 bridgehead atoms. The molecule has 0 N–H and O–H groups in total. The largest absolute Gasteiger partial charge is 0.413 e. The molecule has 0 amide bonds. The molecular formula is C25H40O3Si. The lowest BCUT2D eigenvalue weighted by Crippen LogP contribution is -2.52. The van der Waals surface area contributed by atoms with E-state index in [9.17, 15) is 9.59 Å². The molecule has 6 atom stereocenters. The summed E-state index contributed by atoms with van der Waals surface area (Å²) in [6.45, 7) is 14.2. The summed E-state index contributed by atoms with van der Waals surface area (Å²) < 4.78 is 7.00. The van der Waals surface area contributed by atoms with E-state index in [4.69, 9.17) is 4.43 Å². The Hall–Kier alpha value is -0.743. The maximum absolute atomic E-state index is 12.2. The standard InChI is InChI=1S/C25H40O3Si/c1-24(2,3)29(5,6)28-22-10-9-21-23-17(15-26)13-16-14-18(27)7-8-19(16)20(23)11-12-25(21,22)4/h15,17,20-23H,7-14H2,1-6H3/t17-,20+,21-,22-,23+,25-/m0/s1. The molecule has 4 rings (SSSR count). The molecular weight excluding hydrogens is 376 g/mol. The van der Waals surface area contributed by atoms with Crippen molar-refractivity contribution in [3.8, 4) is 0 Å². The van der Waals surface area contributed by atoms with Crippen LogP contribution in [0.5, 0.6) is 0 Å². The molecule has 29 heavy (non-hydrogen) atoms. The topological polar surface area (TPSA) is 43.4 Å². The van der Waals surface area contributed by atoms with Crippen LogP contribution in [0.4, 0.5) is 0 Å². The van der Waals surface area contributed by atoms with Crippen molar-refractivity contribution in [1.82, 2.24) is 0 Å². The smallest absolute Gasteiger partial charge is 0.192 e. The zero-order valence-electron chi connectivity index (χ0n) is 19.3. The third kappa shape index (κ3) is 3.42. The van der Waals surface area contributed by atoms with Gasteiger partial charge in [-0.25, -0.2) is 0 Å². The Morgan fingerprint density at radius 3 is 2.52 bits per heavy atom. The first-order valence-corrected chi connectivity index (χ1v) is 14.7. The highest BCUT2D eigenvalue weighted by molar-refractivity contribution is 6.74. The van der Waals surface area contributed by atoms with Crippen LogP contribution in [0.3, 0.4) is 0 Å². The molecule has 4 aliphatic rings. The lowest BCUT2D eigenvalue weighted by molar-refractivity contribution is -0.121. The third-order valence-electron chi connectivity index (χ3n) is 9.63. The van der Waals surface area contributed by atoms with Crippen LogP contribution in [-0.4, -0.2) is 26.5 Å². The highest BCUT2D eigenvalue weighted by Gasteiger charge is 2.59. The predicted molar refractivity (Wildman–Crippen MR) is 119 cm³/mol. The van der Waals surface area contributed by atoms with Crippen molar-refractivity contribution in [3.63, 3.8) is 0 Å². The van der Waals surface area contributed by atoms with E-state index in [0.717, 1.165) is 19.3 Å². The summed E-state index contributed by atoms with van der Waals surface area (Å²) in [6, 6.07) is 0. The number of allylic oxidation sites excluding steroid dienone is 2. The van der Waals surface area contributed by atoms with Gasteiger partial charge in [0, 0.05) is 18.8 Å². The van der Waals surface area contributed by atoms with Gasteiger partial charge in [-0.15, -0.1) is 0 Å². The Kier molecular flexibility index (Phi) is 5.30. The fraction of sp³-hybridized carbons (Fsp3) is 0.840. The number of hydrogen-bond donors (Lipinski definition) is 0. The monoisotopic (exact) mass is 416 g/mol. The second kappa shape index (κ2) is 7.15. The van der Waals surface area contributed by atoms with E-state index in [0.29, 0.717) is 42.5 Å². The first-order chi connectivity index (χ1) is 13.5. The zero-order valence-corrected chi connectivity index (χ0v) is 20.3. The van der Waals surface area contributed by atoms with Crippen LogP contribution in [0, 0.1) is 29.1 Å². The molecule has 0 unspecified atom stereocenters. The van der Waals surface area contributed by atoms with Crippen molar-refractivity contribution in [1.29, 1.82) is 0 Å². The summed E-state index contributed by atoms with van der Waals surface area (Å²) in [5.41, 5.74) is 3.10. The fourth-order valence-electron chi connectivity index (χ4n) is 6.98. The average Bonchev–Trinajstić information content (AvgIpc) is 2.95. The Morgan fingerprint density at radius 2 is 1.86 bits per heavy atom. The predicted octanol–water partition coefficient (Wildman–Crippen LogP) is 6.09. The van der Waals surface area contributed by atoms with Crippen molar-refractivity contribution >= 4 is 20.4 Å². The van der Waals surface area contributed by atoms with Gasteiger partial charge >= 0.3 is 0 Å². The van der Waals surface area contributed by atoms with Crippen LogP contribution in [0.25, 0.3) is 0 Å². The molecule has 0 spiro atoms. The first-order valence-electron chi connectivity index (χ1n) is 11.8. The third-order valence-corrected chi connectivity index (χ3v) is 14.1. The van der Waals surface area contributed by atoms with Crippen molar-refractivity contribution in [2.75, 3.05) is 0 Å². The lowest BCUT2D eigenvalue weighted by Gasteiger charge is -2.54. The number of Topliss-reactive ketones (excluding diaryl/α,β-unsaturated/α-hetero) is 1. The first kappa shape index (κ1) is 21.5. The van der Waals surface area contributed by atoms with Gasteiger partial charge in [0.25, 0.3) is 0 Å². The molecule has 0 aromatic rings. The normalized spacial score (nSPS) is 40.3. The summed E-state index contributed by atoms with van der Waals surface area (Å²) in [6.07, 6.45) is 9.41. The van der Waals surface area contributed by atoms with E-state index >= 15 is 0 Å². The van der Waals surface area contributed by atoms with Gasteiger partial charge in [-0.1, -0.05) is 38.8 Å². The Labute approximate surface area is 178 Å². The molecule has 2 saturated carbocycles. The van der Waals surface area contributed by atoms with Crippen LogP contribution < -0.4 is 0 Å². The Morgan fingerprint density at radius 1 is 1.14 bits per heavy atom. The molecule has 0 aromatic carbocycles.